The maximum absolute atomic E-state index is 12.4. The number of nitrogens with zero attached hydrogens (tertiary/aromatic N) is 4. The van der Waals surface area contributed by atoms with Gasteiger partial charge in [-0.05, 0) is 50.1 Å². The number of imide groups is 1. The number of carbonyl (C=O) groups excluding carboxylic acids is 2. The number of aromatic nitrogens is 2. The molecule has 28 heavy (non-hydrogen) atoms. The van der Waals surface area contributed by atoms with E-state index in [1.165, 1.54) is 6.21 Å². The highest BCUT2D eigenvalue weighted by Crippen LogP contribution is 2.26. The Morgan fingerprint density at radius 2 is 1.64 bits per heavy atom. The van der Waals surface area contributed by atoms with Gasteiger partial charge in [0.15, 0.2) is 0 Å². The van der Waals surface area contributed by atoms with Gasteiger partial charge in [-0.15, -0.1) is 0 Å². The molecule has 0 N–H and O–H groups in total. The summed E-state index contributed by atoms with van der Waals surface area (Å²) in [6.07, 6.45) is 1.41. The summed E-state index contributed by atoms with van der Waals surface area (Å²) in [6, 6.07) is 12.7. The van der Waals surface area contributed by atoms with Crippen LogP contribution in [0.3, 0.4) is 0 Å². The van der Waals surface area contributed by atoms with Crippen molar-refractivity contribution >= 4 is 29.6 Å². The first-order valence-electron chi connectivity index (χ1n) is 8.73. The normalized spacial score (nSPS) is 13.6. The van der Waals surface area contributed by atoms with Gasteiger partial charge in [0.25, 0.3) is 11.8 Å². The zero-order valence-electron chi connectivity index (χ0n) is 15.6. The van der Waals surface area contributed by atoms with Crippen LogP contribution in [0.25, 0.3) is 5.69 Å². The molecule has 1 aliphatic rings. The number of halogens is 1. The largest absolute Gasteiger partial charge is 0.282 e. The molecule has 0 radical (unpaired) electrons. The molecular formula is C21H17ClN4O2. The minimum absolute atomic E-state index is 0.346. The van der Waals surface area contributed by atoms with Crippen molar-refractivity contribution in [3.8, 4) is 5.69 Å². The van der Waals surface area contributed by atoms with E-state index in [1.54, 1.807) is 35.9 Å². The van der Waals surface area contributed by atoms with Gasteiger partial charge in [-0.2, -0.15) is 15.2 Å². The van der Waals surface area contributed by atoms with Gasteiger partial charge in [-0.3, -0.25) is 9.59 Å². The summed E-state index contributed by atoms with van der Waals surface area (Å²) in [5.74, 6) is -0.903. The summed E-state index contributed by atoms with van der Waals surface area (Å²) in [4.78, 5) is 24.9. The van der Waals surface area contributed by atoms with Gasteiger partial charge in [-0.25, -0.2) is 4.68 Å². The number of hydrogen-bond acceptors (Lipinski definition) is 4. The Morgan fingerprint density at radius 3 is 2.29 bits per heavy atom. The van der Waals surface area contributed by atoms with Crippen LogP contribution in [0.1, 0.15) is 43.1 Å². The van der Waals surface area contributed by atoms with Crippen LogP contribution < -0.4 is 0 Å². The molecule has 4 rings (SSSR count). The van der Waals surface area contributed by atoms with E-state index in [-0.39, 0.29) is 0 Å². The Morgan fingerprint density at radius 1 is 1.00 bits per heavy atom. The first-order valence-corrected chi connectivity index (χ1v) is 9.11. The number of amides is 2. The minimum atomic E-state index is -0.451. The maximum Gasteiger partial charge on any atom is 0.282 e. The lowest BCUT2D eigenvalue weighted by Gasteiger charge is -2.08. The first-order chi connectivity index (χ1) is 13.4. The zero-order chi connectivity index (χ0) is 20.0. The van der Waals surface area contributed by atoms with Crippen molar-refractivity contribution in [1.29, 1.82) is 0 Å². The molecule has 6 nitrogen and oxygen atoms in total. The highest BCUT2D eigenvalue weighted by molar-refractivity contribution is 6.32. The van der Waals surface area contributed by atoms with Gasteiger partial charge in [-0.1, -0.05) is 35.9 Å². The SMILES string of the molecule is Cc1ccc(C)c(-n2nc(C)c(/C=N\N3C(=O)c4ccccc4C3=O)c2Cl)c1. The molecule has 0 spiro atoms. The lowest BCUT2D eigenvalue weighted by Crippen LogP contribution is -2.24. The van der Waals surface area contributed by atoms with Gasteiger partial charge in [0, 0.05) is 0 Å². The Labute approximate surface area is 167 Å². The maximum atomic E-state index is 12.4. The number of carbonyl (C=O) groups is 2. The second kappa shape index (κ2) is 6.73. The zero-order valence-corrected chi connectivity index (χ0v) is 16.4. The second-order valence-electron chi connectivity index (χ2n) is 6.70. The molecule has 2 amide bonds. The minimum Gasteiger partial charge on any atom is -0.267 e. The number of hydrazone groups is 1. The van der Waals surface area contributed by atoms with E-state index >= 15 is 0 Å². The Hall–Kier alpha value is -3.25. The highest BCUT2D eigenvalue weighted by atomic mass is 35.5. The van der Waals surface area contributed by atoms with Gasteiger partial charge in [0.1, 0.15) is 5.15 Å². The van der Waals surface area contributed by atoms with Crippen LogP contribution in [-0.2, 0) is 0 Å². The molecule has 2 heterocycles. The monoisotopic (exact) mass is 392 g/mol. The Kier molecular flexibility index (Phi) is 4.35. The first kappa shape index (κ1) is 18.1. The average molecular weight is 393 g/mol. The van der Waals surface area contributed by atoms with Crippen LogP contribution >= 0.6 is 11.6 Å². The predicted molar refractivity (Wildman–Crippen MR) is 107 cm³/mol. The fourth-order valence-corrected chi connectivity index (χ4v) is 3.48. The van der Waals surface area contributed by atoms with Gasteiger partial charge in [0.2, 0.25) is 0 Å². The van der Waals surface area contributed by atoms with Crippen molar-refractivity contribution in [3.63, 3.8) is 0 Å². The number of hydrogen-bond donors (Lipinski definition) is 0. The highest BCUT2D eigenvalue weighted by Gasteiger charge is 2.35. The van der Waals surface area contributed by atoms with Crippen molar-refractivity contribution in [2.24, 2.45) is 5.10 Å². The number of aryl methyl sites for hydroxylation is 3. The van der Waals surface area contributed by atoms with Crippen LogP contribution in [0.4, 0.5) is 0 Å². The predicted octanol–water partition coefficient (Wildman–Crippen LogP) is 4.08. The third-order valence-electron chi connectivity index (χ3n) is 4.72. The summed E-state index contributed by atoms with van der Waals surface area (Å²) in [7, 11) is 0. The molecule has 7 heteroatoms. The molecule has 0 bridgehead atoms. The summed E-state index contributed by atoms with van der Waals surface area (Å²) < 4.78 is 1.64. The lowest BCUT2D eigenvalue weighted by atomic mass is 10.1. The van der Waals surface area contributed by atoms with E-state index in [4.69, 9.17) is 11.6 Å². The van der Waals surface area contributed by atoms with E-state index < -0.39 is 11.8 Å². The van der Waals surface area contributed by atoms with Crippen molar-refractivity contribution in [1.82, 2.24) is 14.8 Å². The van der Waals surface area contributed by atoms with Gasteiger partial charge < -0.3 is 0 Å². The van der Waals surface area contributed by atoms with E-state index in [9.17, 15) is 9.59 Å². The van der Waals surface area contributed by atoms with E-state index in [1.807, 2.05) is 32.0 Å². The van der Waals surface area contributed by atoms with Crippen molar-refractivity contribution < 1.29 is 9.59 Å². The van der Waals surface area contributed by atoms with Gasteiger partial charge in [0.05, 0.1) is 34.3 Å². The third kappa shape index (κ3) is 2.82. The van der Waals surface area contributed by atoms with E-state index in [0.717, 1.165) is 21.8 Å². The number of benzene rings is 2. The molecule has 0 unspecified atom stereocenters. The third-order valence-corrected chi connectivity index (χ3v) is 5.08. The van der Waals surface area contributed by atoms with E-state index in [2.05, 4.69) is 10.2 Å². The molecule has 0 saturated carbocycles. The summed E-state index contributed by atoms with van der Waals surface area (Å²) in [5, 5.41) is 9.84. The number of rotatable bonds is 3. The van der Waals surface area contributed by atoms with Crippen LogP contribution in [-0.4, -0.2) is 32.8 Å². The molecule has 0 fully saturated rings. The summed E-state index contributed by atoms with van der Waals surface area (Å²) in [5.41, 5.74) is 4.88. The smallest absolute Gasteiger partial charge is 0.267 e. The Bertz CT molecular complexity index is 1130. The lowest BCUT2D eigenvalue weighted by molar-refractivity contribution is 0.0660. The fourth-order valence-electron chi connectivity index (χ4n) is 3.16. The summed E-state index contributed by atoms with van der Waals surface area (Å²) >= 11 is 6.56. The average Bonchev–Trinajstić information content (AvgIpc) is 3.10. The molecule has 3 aromatic rings. The number of fused-ring (bicyclic) bond motifs is 1. The van der Waals surface area contributed by atoms with Crippen molar-refractivity contribution in [3.05, 3.63) is 81.1 Å². The van der Waals surface area contributed by atoms with Crippen LogP contribution in [0.2, 0.25) is 5.15 Å². The molecule has 1 aliphatic heterocycles. The standard InChI is InChI=1S/C21H17ClN4O2/c1-12-8-9-13(2)18(10-12)25-19(22)17(14(3)24-25)11-23-26-20(27)15-6-4-5-7-16(15)21(26)28/h4-11H,1-3H3/b23-11-. The topological polar surface area (TPSA) is 67.6 Å². The van der Waals surface area contributed by atoms with Gasteiger partial charge >= 0.3 is 0 Å². The molecule has 1 aromatic heterocycles. The van der Waals surface area contributed by atoms with Crippen LogP contribution in [0.5, 0.6) is 0 Å². The molecule has 0 aliphatic carbocycles. The van der Waals surface area contributed by atoms with Crippen molar-refractivity contribution in [2.45, 2.75) is 20.8 Å². The van der Waals surface area contributed by atoms with Crippen LogP contribution in [0.15, 0.2) is 47.6 Å². The van der Waals surface area contributed by atoms with Crippen molar-refractivity contribution in [2.75, 3.05) is 0 Å². The molecule has 0 atom stereocenters. The fraction of sp³-hybridized carbons (Fsp3) is 0.143. The van der Waals surface area contributed by atoms with E-state index in [0.29, 0.717) is 27.5 Å². The second-order valence-corrected chi connectivity index (χ2v) is 7.06. The summed E-state index contributed by atoms with van der Waals surface area (Å²) in [6.45, 7) is 5.78. The molecule has 0 saturated heterocycles. The Balaban J connectivity index is 1.70. The molecular weight excluding hydrogens is 376 g/mol. The molecule has 2 aromatic carbocycles. The van der Waals surface area contributed by atoms with Crippen LogP contribution in [0, 0.1) is 20.8 Å². The quantitative estimate of drug-likeness (QED) is 0.498. The molecule has 140 valence electrons.